The minimum atomic E-state index is -0.363. The van der Waals surface area contributed by atoms with E-state index in [0.717, 1.165) is 16.6 Å². The molecule has 4 rings (SSSR count). The van der Waals surface area contributed by atoms with Gasteiger partial charge in [-0.3, -0.25) is 0 Å². The van der Waals surface area contributed by atoms with E-state index < -0.39 is 0 Å². The van der Waals surface area contributed by atoms with E-state index in [0.29, 0.717) is 28.5 Å². The van der Waals surface area contributed by atoms with Crippen LogP contribution in [0.3, 0.4) is 0 Å². The Morgan fingerprint density at radius 2 is 1.73 bits per heavy atom. The van der Waals surface area contributed by atoms with Gasteiger partial charge in [0.15, 0.2) is 5.82 Å². The number of pyridine rings is 1. The molecule has 0 amide bonds. The first kappa shape index (κ1) is 16.1. The Labute approximate surface area is 150 Å². The van der Waals surface area contributed by atoms with Gasteiger partial charge >= 0.3 is 0 Å². The number of aryl methyl sites for hydroxylation is 1. The fraction of sp³-hybridized carbons (Fsp3) is 0.0952. The Morgan fingerprint density at radius 1 is 0.885 bits per heavy atom. The minimum Gasteiger partial charge on any atom is -0.497 e. The number of methoxy groups -OCH3 is 1. The molecule has 0 fully saturated rings. The van der Waals surface area contributed by atoms with Crippen molar-refractivity contribution in [1.82, 2.24) is 15.0 Å². The number of nitrogens with zero attached hydrogens (tertiary/aromatic N) is 3. The molecular formula is C21H16FN3O. The van der Waals surface area contributed by atoms with Crippen molar-refractivity contribution < 1.29 is 9.13 Å². The van der Waals surface area contributed by atoms with Gasteiger partial charge in [-0.05, 0) is 43.3 Å². The van der Waals surface area contributed by atoms with E-state index in [1.807, 2.05) is 49.4 Å². The third kappa shape index (κ3) is 2.88. The second-order valence-electron chi connectivity index (χ2n) is 5.92. The first-order valence-corrected chi connectivity index (χ1v) is 8.20. The maximum Gasteiger partial charge on any atom is 0.179 e. The standard InChI is InChI=1S/C21H16FN3O/c1-13-6-5-9-19(23-13)21-24-18-8-4-3-7-15(18)20(25-21)16-12-14(26-2)10-11-17(16)22/h3-12H,1-2H3. The molecule has 0 unspecified atom stereocenters. The van der Waals surface area contributed by atoms with Crippen molar-refractivity contribution in [2.45, 2.75) is 6.92 Å². The van der Waals surface area contributed by atoms with Crippen molar-refractivity contribution in [1.29, 1.82) is 0 Å². The van der Waals surface area contributed by atoms with E-state index in [9.17, 15) is 4.39 Å². The van der Waals surface area contributed by atoms with E-state index in [1.165, 1.54) is 6.07 Å². The molecule has 0 saturated carbocycles. The summed E-state index contributed by atoms with van der Waals surface area (Å²) >= 11 is 0. The Bertz CT molecular complexity index is 1110. The smallest absolute Gasteiger partial charge is 0.179 e. The van der Waals surface area contributed by atoms with Gasteiger partial charge in [0.2, 0.25) is 0 Å². The number of benzene rings is 2. The molecular weight excluding hydrogens is 329 g/mol. The number of hydrogen-bond acceptors (Lipinski definition) is 4. The molecule has 26 heavy (non-hydrogen) atoms. The Morgan fingerprint density at radius 3 is 2.54 bits per heavy atom. The fourth-order valence-electron chi connectivity index (χ4n) is 2.88. The summed E-state index contributed by atoms with van der Waals surface area (Å²) in [7, 11) is 1.55. The third-order valence-electron chi connectivity index (χ3n) is 4.15. The van der Waals surface area contributed by atoms with Crippen LogP contribution in [-0.4, -0.2) is 22.1 Å². The summed E-state index contributed by atoms with van der Waals surface area (Å²) in [5.74, 6) is 0.668. The van der Waals surface area contributed by atoms with Crippen LogP contribution in [0.25, 0.3) is 33.7 Å². The summed E-state index contributed by atoms with van der Waals surface area (Å²) in [5, 5.41) is 0.774. The van der Waals surface area contributed by atoms with Gasteiger partial charge in [0.1, 0.15) is 17.3 Å². The minimum absolute atomic E-state index is 0.363. The van der Waals surface area contributed by atoms with Crippen LogP contribution in [0.15, 0.2) is 60.7 Å². The van der Waals surface area contributed by atoms with Crippen LogP contribution >= 0.6 is 0 Å². The molecule has 128 valence electrons. The number of hydrogen-bond donors (Lipinski definition) is 0. The van der Waals surface area contributed by atoms with Gasteiger partial charge in [0, 0.05) is 16.6 Å². The highest BCUT2D eigenvalue weighted by Crippen LogP contribution is 2.32. The lowest BCUT2D eigenvalue weighted by Crippen LogP contribution is -1.99. The topological polar surface area (TPSA) is 47.9 Å². The molecule has 2 aromatic heterocycles. The second kappa shape index (κ2) is 6.52. The number of aromatic nitrogens is 3. The maximum atomic E-state index is 14.6. The zero-order chi connectivity index (χ0) is 18.1. The lowest BCUT2D eigenvalue weighted by Gasteiger charge is -2.11. The summed E-state index contributed by atoms with van der Waals surface area (Å²) in [6.45, 7) is 1.91. The fourth-order valence-corrected chi connectivity index (χ4v) is 2.88. The Hall–Kier alpha value is -3.34. The molecule has 0 spiro atoms. The lowest BCUT2D eigenvalue weighted by atomic mass is 10.0. The number of para-hydroxylation sites is 1. The summed E-state index contributed by atoms with van der Waals surface area (Å²) in [6.07, 6.45) is 0. The van der Waals surface area contributed by atoms with E-state index in [-0.39, 0.29) is 5.82 Å². The highest BCUT2D eigenvalue weighted by molar-refractivity contribution is 5.93. The molecule has 5 heteroatoms. The van der Waals surface area contributed by atoms with Crippen molar-refractivity contribution >= 4 is 10.9 Å². The molecule has 2 aromatic carbocycles. The predicted molar refractivity (Wildman–Crippen MR) is 99.5 cm³/mol. The molecule has 0 aliphatic carbocycles. The zero-order valence-corrected chi connectivity index (χ0v) is 14.4. The Balaban J connectivity index is 2.02. The van der Waals surface area contributed by atoms with Crippen LogP contribution in [0.4, 0.5) is 4.39 Å². The van der Waals surface area contributed by atoms with Gasteiger partial charge in [-0.1, -0.05) is 24.3 Å². The van der Waals surface area contributed by atoms with Crippen LogP contribution in [0.2, 0.25) is 0 Å². The van der Waals surface area contributed by atoms with Crippen molar-refractivity contribution in [3.8, 4) is 28.5 Å². The molecule has 0 bridgehead atoms. The van der Waals surface area contributed by atoms with Crippen molar-refractivity contribution in [2.24, 2.45) is 0 Å². The normalized spacial score (nSPS) is 10.9. The van der Waals surface area contributed by atoms with Gasteiger partial charge in [-0.2, -0.15) is 0 Å². The first-order valence-electron chi connectivity index (χ1n) is 8.20. The molecule has 0 aliphatic heterocycles. The molecule has 0 atom stereocenters. The quantitative estimate of drug-likeness (QED) is 0.534. The average Bonchev–Trinajstić information content (AvgIpc) is 2.67. The van der Waals surface area contributed by atoms with Crippen molar-refractivity contribution in [3.05, 3.63) is 72.2 Å². The molecule has 4 aromatic rings. The predicted octanol–water partition coefficient (Wildman–Crippen LogP) is 4.81. The summed E-state index contributed by atoms with van der Waals surface area (Å²) in [5.41, 5.74) is 3.15. The Kier molecular flexibility index (Phi) is 4.05. The molecule has 4 nitrogen and oxygen atoms in total. The molecule has 0 N–H and O–H groups in total. The van der Waals surface area contributed by atoms with Crippen LogP contribution < -0.4 is 4.74 Å². The third-order valence-corrected chi connectivity index (χ3v) is 4.15. The van der Waals surface area contributed by atoms with Crippen LogP contribution in [0.5, 0.6) is 5.75 Å². The molecule has 2 heterocycles. The van der Waals surface area contributed by atoms with Gasteiger partial charge in [0.05, 0.1) is 18.3 Å². The number of rotatable bonds is 3. The first-order chi connectivity index (χ1) is 12.7. The SMILES string of the molecule is COc1ccc(F)c(-c2nc(-c3cccc(C)n3)nc3ccccc23)c1. The van der Waals surface area contributed by atoms with Gasteiger partial charge < -0.3 is 4.74 Å². The van der Waals surface area contributed by atoms with Gasteiger partial charge in [0.25, 0.3) is 0 Å². The van der Waals surface area contributed by atoms with E-state index in [1.54, 1.807) is 19.2 Å². The number of halogens is 1. The summed E-state index contributed by atoms with van der Waals surface area (Å²) < 4.78 is 19.8. The van der Waals surface area contributed by atoms with Gasteiger partial charge in [-0.15, -0.1) is 0 Å². The number of ether oxygens (including phenoxy) is 1. The zero-order valence-electron chi connectivity index (χ0n) is 14.4. The number of fused-ring (bicyclic) bond motifs is 1. The van der Waals surface area contributed by atoms with Crippen LogP contribution in [-0.2, 0) is 0 Å². The highest BCUT2D eigenvalue weighted by atomic mass is 19.1. The largest absolute Gasteiger partial charge is 0.497 e. The molecule has 0 radical (unpaired) electrons. The monoisotopic (exact) mass is 345 g/mol. The van der Waals surface area contributed by atoms with Crippen molar-refractivity contribution in [2.75, 3.05) is 7.11 Å². The lowest BCUT2D eigenvalue weighted by molar-refractivity contribution is 0.414. The van der Waals surface area contributed by atoms with Gasteiger partial charge in [-0.25, -0.2) is 19.3 Å². The highest BCUT2D eigenvalue weighted by Gasteiger charge is 2.15. The van der Waals surface area contributed by atoms with E-state index >= 15 is 0 Å². The van der Waals surface area contributed by atoms with Crippen LogP contribution in [0.1, 0.15) is 5.69 Å². The second-order valence-corrected chi connectivity index (χ2v) is 5.92. The van der Waals surface area contributed by atoms with Crippen molar-refractivity contribution in [3.63, 3.8) is 0 Å². The summed E-state index contributed by atoms with van der Waals surface area (Å²) in [4.78, 5) is 13.8. The maximum absolute atomic E-state index is 14.6. The summed E-state index contributed by atoms with van der Waals surface area (Å²) in [6, 6.07) is 17.8. The average molecular weight is 345 g/mol. The molecule has 0 aliphatic rings. The van der Waals surface area contributed by atoms with E-state index in [2.05, 4.69) is 15.0 Å². The van der Waals surface area contributed by atoms with E-state index in [4.69, 9.17) is 4.74 Å². The molecule has 0 saturated heterocycles. The van der Waals surface area contributed by atoms with Crippen LogP contribution in [0, 0.1) is 12.7 Å².